The lowest BCUT2D eigenvalue weighted by molar-refractivity contribution is -0.349. The summed E-state index contributed by atoms with van der Waals surface area (Å²) in [7, 11) is -28.7. The SMILES string of the molecule is CB(C)P.CC(=O)CCNC(=O)CCNC(=O)C(O)C(C)(C)COP(=O)([O-])OP(=O)([O-])OCC1OC(C)(n2cnc3c(N)ncnc32)C(O)C1OP(=O)([O-])[O-].CC(C)(COP(=O)([O-])OP(=O)([O-])OCC1OC(C)(n2cnc3c(N)ncnc32)C(O)C1OP(=O)([O-])[O-])C(O)C(=O)NCCC(=O)NCCC(=O)CC(=O)O.[B]CP(C)C(=O)[O-]. The van der Waals surface area contributed by atoms with Crippen LogP contribution in [0, 0.1) is 10.8 Å². The maximum Gasteiger partial charge on any atom is 0.310 e. The molecule has 0 saturated carbocycles. The number of nitrogens with two attached hydrogens (primary N) is 2. The number of nitrogens with zero attached hydrogens (tertiary/aromatic N) is 8. The molecule has 0 bridgehead atoms. The fourth-order valence-corrected chi connectivity index (χ4v) is 15.1. The van der Waals surface area contributed by atoms with Gasteiger partial charge in [-0.25, -0.2) is 38.5 Å². The van der Waals surface area contributed by atoms with Crippen LogP contribution in [0.5, 0.6) is 0 Å². The van der Waals surface area contributed by atoms with E-state index in [2.05, 4.69) is 110 Å². The number of carbonyl (C=O) groups is 8. The molecule has 654 valence electrons. The van der Waals surface area contributed by atoms with Crippen LogP contribution in [-0.4, -0.2) is 240 Å². The van der Waals surface area contributed by atoms with Crippen molar-refractivity contribution in [3.05, 3.63) is 25.3 Å². The van der Waals surface area contributed by atoms with Crippen LogP contribution in [0.3, 0.4) is 0 Å². The monoisotopic (exact) mass is 1810 g/mol. The minimum absolute atomic E-state index is 0.0224. The Bertz CT molecular complexity index is 4370. The number of carboxylic acid groups (broad SMARTS) is 2. The minimum atomic E-state index is -5.95. The minimum Gasteiger partial charge on any atom is -0.790 e. The van der Waals surface area contributed by atoms with E-state index in [0.29, 0.717) is 0 Å². The third-order valence-corrected chi connectivity index (χ3v) is 22.7. The molecule has 2 fully saturated rings. The third-order valence-electron chi connectivity index (χ3n) is 15.5. The van der Waals surface area contributed by atoms with Crippen molar-refractivity contribution in [2.24, 2.45) is 10.8 Å². The second-order valence-corrected chi connectivity index (χ2v) is 38.4. The maximum atomic E-state index is 12.5. The zero-order valence-corrected chi connectivity index (χ0v) is 70.5. The Morgan fingerprint density at radius 1 is 0.621 bits per heavy atom. The van der Waals surface area contributed by atoms with Gasteiger partial charge in [-0.1, -0.05) is 55.3 Å². The highest BCUT2D eigenvalue weighted by Gasteiger charge is 2.57. The summed E-state index contributed by atoms with van der Waals surface area (Å²) >= 11 is 0. The molecule has 2 aliphatic rings. The van der Waals surface area contributed by atoms with Crippen LogP contribution in [0.1, 0.15) is 80.6 Å². The number of aliphatic hydroxyl groups excluding tert-OH is 4. The molecule has 0 aliphatic carbocycles. The Kier molecular flexibility index (Phi) is 39.9. The van der Waals surface area contributed by atoms with E-state index >= 15 is 0 Å². The van der Waals surface area contributed by atoms with Gasteiger partial charge in [0.25, 0.3) is 31.3 Å². The summed E-state index contributed by atoms with van der Waals surface area (Å²) in [5.41, 5.74) is 2.92. The first-order valence-electron chi connectivity index (χ1n) is 33.4. The molecule has 4 amide bonds. The molecule has 13 N–H and O–H groups in total. The molecule has 2 saturated heterocycles. The van der Waals surface area contributed by atoms with Crippen molar-refractivity contribution in [1.29, 1.82) is 0 Å². The van der Waals surface area contributed by atoms with Crippen LogP contribution in [0.4, 0.5) is 16.4 Å². The van der Waals surface area contributed by atoms with Crippen molar-refractivity contribution in [1.82, 2.24) is 60.3 Å². The number of anilines is 2. The topological polar surface area (TPSA) is 827 Å². The first-order valence-corrected chi connectivity index (χ1v) is 44.8. The summed E-state index contributed by atoms with van der Waals surface area (Å²) < 4.78 is 121. The smallest absolute Gasteiger partial charge is 0.310 e. The number of Topliss-reactive ketones (excluding diaryl/α,β-unsaturated/α-hetero) is 2. The molecule has 2 radical (unpaired) electrons. The van der Waals surface area contributed by atoms with Gasteiger partial charge in [0.15, 0.2) is 40.8 Å². The molecule has 16 atom stereocenters. The second-order valence-electron chi connectivity index (χ2n) is 26.8. The number of ketones is 2. The molecule has 2 aliphatic heterocycles. The van der Waals surface area contributed by atoms with E-state index in [4.69, 9.17) is 33.9 Å². The van der Waals surface area contributed by atoms with Crippen LogP contribution in [0.15, 0.2) is 25.3 Å². The van der Waals surface area contributed by atoms with Gasteiger partial charge in [0.1, 0.15) is 90.5 Å². The average Bonchev–Trinajstić information content (AvgIpc) is 1.59. The van der Waals surface area contributed by atoms with E-state index in [-0.39, 0.29) is 97.7 Å². The molecule has 6 heterocycles. The highest BCUT2D eigenvalue weighted by molar-refractivity contribution is 7.74. The number of carbonyl (C=O) groups excluding carboxylic acids is 7. The van der Waals surface area contributed by atoms with Crippen LogP contribution < -0.4 is 77.0 Å². The molecule has 52 nitrogen and oxygen atoms in total. The summed E-state index contributed by atoms with van der Waals surface area (Å²) in [6.45, 7) is 8.96. The van der Waals surface area contributed by atoms with Gasteiger partial charge in [-0.05, 0) is 27.4 Å². The number of aliphatic hydroxyl groups is 4. The van der Waals surface area contributed by atoms with Crippen molar-refractivity contribution < 1.29 is 181 Å². The number of rotatable bonds is 42. The first kappa shape index (κ1) is 105. The largest absolute Gasteiger partial charge is 0.790 e. The van der Waals surface area contributed by atoms with Gasteiger partial charge in [0, 0.05) is 62.7 Å². The lowest BCUT2D eigenvalue weighted by atomic mass is 9.84. The summed E-state index contributed by atoms with van der Waals surface area (Å²) in [5, 5.41) is 70.5. The number of hydrogen-bond acceptors (Lipinski definition) is 45. The first-order chi connectivity index (χ1) is 53.1. The lowest BCUT2D eigenvalue weighted by Gasteiger charge is -2.36. The standard InChI is InChI=1S/C25H40N7O19P3.C24H40N7O17P3.C3H6BO2P.C2H8BP/c1-24(2,20(38)23(39)28-7-5-15(34)27-6-4-13(33)8-16(35)36)10-48-54(45,46)51-53(43,44)47-9-14-18(50-52(40,41)42)19(37)25(3,49-14)32-12-31-17-21(26)29-11-30-22(17)32;1-13(32)5-7-26-15(33)6-8-27-22(36)19(35)23(2,3)10-45-51(42,43)48-50(40,41)44-9-14-17(47-49(37,38)39)18(34)24(4,46-14)31-12-30-16-20(25)28-11-29-21(16)31;1-7(2-4)3(5)6;1-3(2)4/h11-12,14,18-20,37-38H,4-10H2,1-3H3,(H,27,34)(H,28,39)(H,35,36)(H,43,44)(H,45,46)(H2,26,29,30)(H2,40,41,42);11-12,14,17-19,34-35H,5-10H2,1-4H3,(H,26,33)(H,27,36)(H,40,41)(H,42,43)(H2,25,28,29)(H2,37,38,39);2H2,1H3,(H,5,6);4H2,1-2H3/p-9. The Labute approximate surface area is 665 Å². The number of carboxylic acids is 1. The molecule has 0 aromatic carbocycles. The van der Waals surface area contributed by atoms with Crippen LogP contribution in [-0.2, 0) is 118 Å². The summed E-state index contributed by atoms with van der Waals surface area (Å²) in [4.78, 5) is 210. The number of imidazole rings is 2. The summed E-state index contributed by atoms with van der Waals surface area (Å²) in [6, 6.07) is 0.220. The van der Waals surface area contributed by atoms with Gasteiger partial charge in [0.05, 0.1) is 68.3 Å². The van der Waals surface area contributed by atoms with Gasteiger partial charge in [-0.3, -0.25) is 61.0 Å². The number of fused-ring (bicyclic) bond motifs is 2. The Balaban J connectivity index is 0.000000531. The molecule has 4 aromatic heterocycles. The quantitative estimate of drug-likeness (QED) is 0.0112. The molecule has 4 aromatic rings. The van der Waals surface area contributed by atoms with E-state index in [9.17, 15) is 130 Å². The summed E-state index contributed by atoms with van der Waals surface area (Å²) in [5.74, 6) is -5.48. The van der Waals surface area contributed by atoms with Crippen molar-refractivity contribution in [2.45, 2.75) is 154 Å². The number of nitrogens with one attached hydrogen (secondary N) is 4. The molecular formula is C54H85B2N14O38P8-9. The number of aromatic nitrogens is 8. The lowest BCUT2D eigenvalue weighted by Crippen LogP contribution is -2.46. The number of hydrogen-bond donors (Lipinski definition) is 11. The van der Waals surface area contributed by atoms with Gasteiger partial charge < -0.3 is 153 Å². The van der Waals surface area contributed by atoms with Gasteiger partial charge >= 0.3 is 5.97 Å². The number of amides is 4. The van der Waals surface area contributed by atoms with Gasteiger partial charge in [0.2, 0.25) is 23.6 Å². The number of phosphoric ester groups is 6. The molecule has 6 rings (SSSR count). The van der Waals surface area contributed by atoms with Crippen molar-refractivity contribution in [3.8, 4) is 0 Å². The zero-order valence-electron chi connectivity index (χ0n) is 63.1. The average molecular weight is 1810 g/mol. The van der Waals surface area contributed by atoms with E-state index in [1.54, 1.807) is 6.66 Å². The third kappa shape index (κ3) is 33.7. The van der Waals surface area contributed by atoms with E-state index in [1.807, 2.05) is 0 Å². The zero-order chi connectivity index (χ0) is 88.9. The van der Waals surface area contributed by atoms with Crippen LogP contribution in [0.25, 0.3) is 22.3 Å². The summed E-state index contributed by atoms with van der Waals surface area (Å²) in [6.07, 6.45) is -12.5. The highest BCUT2D eigenvalue weighted by Crippen LogP contribution is 2.58. The van der Waals surface area contributed by atoms with Gasteiger partial charge in [-0.15, -0.1) is 0 Å². The maximum absolute atomic E-state index is 12.5. The molecule has 62 heteroatoms. The molecular weight excluding hydrogens is 1720 g/mol. The van der Waals surface area contributed by atoms with Crippen molar-refractivity contribution >= 4 is 159 Å². The molecule has 0 spiro atoms. The van der Waals surface area contributed by atoms with Crippen molar-refractivity contribution in [2.75, 3.05) is 76.8 Å². The second kappa shape index (κ2) is 44.2. The van der Waals surface area contributed by atoms with Crippen LogP contribution >= 0.6 is 64.0 Å². The molecule has 116 heavy (non-hydrogen) atoms. The van der Waals surface area contributed by atoms with E-state index in [0.717, 1.165) is 61.6 Å². The van der Waals surface area contributed by atoms with Crippen molar-refractivity contribution in [3.63, 3.8) is 0 Å². The Morgan fingerprint density at radius 2 is 0.957 bits per heavy atom. The number of nitrogen functional groups attached to an aromatic ring is 2. The Morgan fingerprint density at radius 3 is 1.27 bits per heavy atom. The van der Waals surface area contributed by atoms with E-state index in [1.165, 1.54) is 27.7 Å². The fourth-order valence-electron chi connectivity index (χ4n) is 9.51. The van der Waals surface area contributed by atoms with Gasteiger partial charge in [-0.2, -0.15) is 9.12 Å². The highest BCUT2D eigenvalue weighted by atomic mass is 31.3. The number of aliphatic carboxylic acids is 1. The number of ether oxygens (including phenoxy) is 2. The predicted molar refractivity (Wildman–Crippen MR) is 384 cm³/mol. The van der Waals surface area contributed by atoms with Crippen LogP contribution in [0.2, 0.25) is 13.6 Å². The normalized spacial score (nSPS) is 22.5. The van der Waals surface area contributed by atoms with E-state index < -0.39 is 200 Å². The number of phosphoric acid groups is 6. The predicted octanol–water partition coefficient (Wildman–Crippen LogP) is -7.81. The fraction of sp³-hybridized carbons (Fsp3) is 0.667. The Hall–Kier alpha value is -5.65. The molecule has 16 unspecified atom stereocenters.